The minimum Gasteiger partial charge on any atom is -0.494 e. The van der Waals surface area contributed by atoms with E-state index in [4.69, 9.17) is 9.84 Å². The third-order valence-electron chi connectivity index (χ3n) is 3.31. The zero-order chi connectivity index (χ0) is 17.9. The standard InChI is InChI=1S/C16H16FNO5S/c1-11-3-5-12(6-4-11)18(10-16(19)20)24(21,22)13-7-8-15(23-2)14(17)9-13/h3-9H,10H2,1-2H3,(H,19,20). The van der Waals surface area contributed by atoms with E-state index in [1.165, 1.54) is 31.4 Å². The maximum atomic E-state index is 13.8. The summed E-state index contributed by atoms with van der Waals surface area (Å²) in [4.78, 5) is 10.7. The molecule has 24 heavy (non-hydrogen) atoms. The van der Waals surface area contributed by atoms with Gasteiger partial charge in [0.2, 0.25) is 0 Å². The summed E-state index contributed by atoms with van der Waals surface area (Å²) in [6, 6.07) is 9.46. The summed E-state index contributed by atoms with van der Waals surface area (Å²) in [6.45, 7) is 1.04. The van der Waals surface area contributed by atoms with Crippen molar-refractivity contribution in [3.8, 4) is 5.75 Å². The van der Waals surface area contributed by atoms with Crippen molar-refractivity contribution < 1.29 is 27.4 Å². The number of carboxylic acid groups (broad SMARTS) is 1. The average Bonchev–Trinajstić information content (AvgIpc) is 2.53. The molecule has 0 saturated heterocycles. The molecule has 2 rings (SSSR count). The fourth-order valence-electron chi connectivity index (χ4n) is 2.08. The zero-order valence-electron chi connectivity index (χ0n) is 13.1. The van der Waals surface area contributed by atoms with E-state index in [0.717, 1.165) is 15.9 Å². The molecular formula is C16H16FNO5S. The molecule has 0 aliphatic carbocycles. The quantitative estimate of drug-likeness (QED) is 0.862. The van der Waals surface area contributed by atoms with E-state index in [2.05, 4.69) is 0 Å². The second kappa shape index (κ2) is 6.88. The third kappa shape index (κ3) is 3.65. The Morgan fingerprint density at radius 2 is 1.83 bits per heavy atom. The van der Waals surface area contributed by atoms with Crippen molar-refractivity contribution in [1.82, 2.24) is 0 Å². The molecule has 6 nitrogen and oxygen atoms in total. The summed E-state index contributed by atoms with van der Waals surface area (Å²) in [5.41, 5.74) is 1.07. The number of hydrogen-bond donors (Lipinski definition) is 1. The minimum atomic E-state index is -4.25. The van der Waals surface area contributed by atoms with Gasteiger partial charge >= 0.3 is 5.97 Å². The lowest BCUT2D eigenvalue weighted by Gasteiger charge is -2.23. The lowest BCUT2D eigenvalue weighted by Crippen LogP contribution is -2.35. The van der Waals surface area contributed by atoms with Gasteiger partial charge < -0.3 is 9.84 Å². The van der Waals surface area contributed by atoms with Gasteiger partial charge in [0.1, 0.15) is 6.54 Å². The number of aliphatic carboxylic acids is 1. The number of sulfonamides is 1. The van der Waals surface area contributed by atoms with Gasteiger partial charge in [-0.1, -0.05) is 17.7 Å². The maximum Gasteiger partial charge on any atom is 0.324 e. The first-order valence-corrected chi connectivity index (χ1v) is 8.34. The third-order valence-corrected chi connectivity index (χ3v) is 5.08. The van der Waals surface area contributed by atoms with E-state index in [1.54, 1.807) is 12.1 Å². The van der Waals surface area contributed by atoms with Crippen LogP contribution in [0.2, 0.25) is 0 Å². The molecule has 128 valence electrons. The highest BCUT2D eigenvalue weighted by molar-refractivity contribution is 7.92. The van der Waals surface area contributed by atoms with Gasteiger partial charge in [0.15, 0.2) is 11.6 Å². The van der Waals surface area contributed by atoms with Crippen LogP contribution in [0, 0.1) is 12.7 Å². The van der Waals surface area contributed by atoms with Crippen LogP contribution < -0.4 is 9.04 Å². The summed E-state index contributed by atoms with van der Waals surface area (Å²) in [5.74, 6) is -2.28. The smallest absolute Gasteiger partial charge is 0.324 e. The molecule has 8 heteroatoms. The van der Waals surface area contributed by atoms with Gasteiger partial charge in [-0.15, -0.1) is 0 Å². The molecule has 0 unspecified atom stereocenters. The number of aryl methyl sites for hydroxylation is 1. The fraction of sp³-hybridized carbons (Fsp3) is 0.188. The first-order chi connectivity index (χ1) is 11.3. The number of anilines is 1. The Bertz CT molecular complexity index is 849. The lowest BCUT2D eigenvalue weighted by atomic mass is 10.2. The molecule has 0 fully saturated rings. The molecule has 0 radical (unpaired) electrons. The Balaban J connectivity index is 2.53. The van der Waals surface area contributed by atoms with E-state index in [1.807, 2.05) is 6.92 Å². The second-order valence-corrected chi connectivity index (χ2v) is 6.90. The first-order valence-electron chi connectivity index (χ1n) is 6.90. The topological polar surface area (TPSA) is 83.9 Å². The lowest BCUT2D eigenvalue weighted by molar-refractivity contribution is -0.135. The predicted octanol–water partition coefficient (Wildman–Crippen LogP) is 2.42. The van der Waals surface area contributed by atoms with Gasteiger partial charge in [0.25, 0.3) is 10.0 Å². The van der Waals surface area contributed by atoms with Gasteiger partial charge in [0.05, 0.1) is 17.7 Å². The Hall–Kier alpha value is -2.61. The highest BCUT2D eigenvalue weighted by atomic mass is 32.2. The first kappa shape index (κ1) is 17.7. The van der Waals surface area contributed by atoms with Crippen molar-refractivity contribution in [2.24, 2.45) is 0 Å². The molecule has 0 spiro atoms. The summed E-state index contributed by atoms with van der Waals surface area (Å²) >= 11 is 0. The van der Waals surface area contributed by atoms with Gasteiger partial charge in [0, 0.05) is 0 Å². The number of rotatable bonds is 6. The van der Waals surface area contributed by atoms with Crippen LogP contribution in [0.4, 0.5) is 10.1 Å². The molecule has 0 aliphatic rings. The monoisotopic (exact) mass is 353 g/mol. The normalized spacial score (nSPS) is 11.1. The molecule has 0 amide bonds. The minimum absolute atomic E-state index is 0.103. The van der Waals surface area contributed by atoms with E-state index < -0.39 is 28.4 Å². The van der Waals surface area contributed by atoms with Crippen molar-refractivity contribution in [2.45, 2.75) is 11.8 Å². The van der Waals surface area contributed by atoms with E-state index in [9.17, 15) is 17.6 Å². The SMILES string of the molecule is COc1ccc(S(=O)(=O)N(CC(=O)O)c2ccc(C)cc2)cc1F. The highest BCUT2D eigenvalue weighted by Crippen LogP contribution is 2.27. The van der Waals surface area contributed by atoms with Crippen molar-refractivity contribution >= 4 is 21.7 Å². The van der Waals surface area contributed by atoms with Crippen LogP contribution in [0.5, 0.6) is 5.75 Å². The Morgan fingerprint density at radius 1 is 1.21 bits per heavy atom. The molecule has 0 aliphatic heterocycles. The summed E-state index contributed by atoms with van der Waals surface area (Å²) in [6.07, 6.45) is 0. The molecular weight excluding hydrogens is 337 g/mol. The van der Waals surface area contributed by atoms with Crippen LogP contribution in [0.15, 0.2) is 47.4 Å². The largest absolute Gasteiger partial charge is 0.494 e. The molecule has 0 atom stereocenters. The average molecular weight is 353 g/mol. The predicted molar refractivity (Wildman–Crippen MR) is 86.3 cm³/mol. The van der Waals surface area contributed by atoms with Crippen LogP contribution in [0.3, 0.4) is 0 Å². The number of methoxy groups -OCH3 is 1. The van der Waals surface area contributed by atoms with Crippen LogP contribution in [-0.4, -0.2) is 33.1 Å². The maximum absolute atomic E-state index is 13.8. The van der Waals surface area contributed by atoms with Gasteiger partial charge in [-0.3, -0.25) is 9.10 Å². The number of benzene rings is 2. The fourth-order valence-corrected chi connectivity index (χ4v) is 3.51. The van der Waals surface area contributed by atoms with Crippen LogP contribution in [0.1, 0.15) is 5.56 Å². The Morgan fingerprint density at radius 3 is 2.33 bits per heavy atom. The zero-order valence-corrected chi connectivity index (χ0v) is 13.9. The van der Waals surface area contributed by atoms with Gasteiger partial charge in [-0.2, -0.15) is 0 Å². The number of hydrogen-bond acceptors (Lipinski definition) is 4. The Labute approximate surface area is 139 Å². The molecule has 0 saturated carbocycles. The van der Waals surface area contributed by atoms with Gasteiger partial charge in [-0.25, -0.2) is 12.8 Å². The van der Waals surface area contributed by atoms with Crippen molar-refractivity contribution in [3.63, 3.8) is 0 Å². The number of ether oxygens (including phenoxy) is 1. The molecule has 0 heterocycles. The van der Waals surface area contributed by atoms with Crippen molar-refractivity contribution in [3.05, 3.63) is 53.8 Å². The van der Waals surface area contributed by atoms with Crippen LogP contribution in [-0.2, 0) is 14.8 Å². The van der Waals surface area contributed by atoms with Crippen molar-refractivity contribution in [2.75, 3.05) is 18.0 Å². The Kier molecular flexibility index (Phi) is 5.08. The number of carboxylic acids is 1. The highest BCUT2D eigenvalue weighted by Gasteiger charge is 2.28. The molecule has 0 aromatic heterocycles. The van der Waals surface area contributed by atoms with E-state index >= 15 is 0 Å². The molecule has 0 bridgehead atoms. The van der Waals surface area contributed by atoms with E-state index in [0.29, 0.717) is 0 Å². The molecule has 1 N–H and O–H groups in total. The molecule has 2 aromatic rings. The number of halogens is 1. The summed E-state index contributed by atoms with van der Waals surface area (Å²) in [7, 11) is -2.99. The van der Waals surface area contributed by atoms with Gasteiger partial charge in [-0.05, 0) is 37.3 Å². The number of nitrogens with zero attached hydrogens (tertiary/aromatic N) is 1. The summed E-state index contributed by atoms with van der Waals surface area (Å²) in [5, 5.41) is 9.05. The summed E-state index contributed by atoms with van der Waals surface area (Å²) < 4.78 is 44.8. The van der Waals surface area contributed by atoms with Crippen molar-refractivity contribution in [1.29, 1.82) is 0 Å². The van der Waals surface area contributed by atoms with Crippen LogP contribution >= 0.6 is 0 Å². The van der Waals surface area contributed by atoms with Crippen LogP contribution in [0.25, 0.3) is 0 Å². The molecule has 2 aromatic carbocycles. The number of carbonyl (C=O) groups is 1. The van der Waals surface area contributed by atoms with E-state index in [-0.39, 0.29) is 16.3 Å². The second-order valence-electron chi connectivity index (χ2n) is 5.04.